The zero-order valence-electron chi connectivity index (χ0n) is 7.35. The molecule has 0 saturated carbocycles. The topological polar surface area (TPSA) is 42.5 Å². The van der Waals surface area contributed by atoms with Gasteiger partial charge in [-0.15, -0.1) is 0 Å². The number of nitrogens with one attached hydrogen (secondary N) is 2. The van der Waals surface area contributed by atoms with Crippen molar-refractivity contribution in [1.82, 2.24) is 10.6 Å². The summed E-state index contributed by atoms with van der Waals surface area (Å²) in [6, 6.07) is 0. The molecule has 11 heavy (non-hydrogen) atoms. The van der Waals surface area contributed by atoms with Gasteiger partial charge in [0.15, 0.2) is 0 Å². The first-order valence-electron chi connectivity index (χ1n) is 3.86. The molecule has 0 aliphatic heterocycles. The van der Waals surface area contributed by atoms with E-state index < -0.39 is 0 Å². The molecule has 0 aliphatic rings. The van der Waals surface area contributed by atoms with Crippen LogP contribution in [0.5, 0.6) is 0 Å². The Morgan fingerprint density at radius 2 is 1.36 bits per heavy atom. The molecule has 0 heterocycles. The lowest BCUT2D eigenvalue weighted by Crippen LogP contribution is -2.18. The highest BCUT2D eigenvalue weighted by molar-refractivity contribution is 4.34. The average molecular weight is 162 g/mol. The molecule has 0 radical (unpaired) electrons. The van der Waals surface area contributed by atoms with Crippen LogP contribution in [0.1, 0.15) is 0 Å². The van der Waals surface area contributed by atoms with Crippen LogP contribution in [-0.2, 0) is 9.47 Å². The third kappa shape index (κ3) is 9.84. The molecule has 68 valence electrons. The number of hydrogen-bond donors (Lipinski definition) is 2. The van der Waals surface area contributed by atoms with Gasteiger partial charge in [-0.25, -0.2) is 0 Å². The van der Waals surface area contributed by atoms with Crippen molar-refractivity contribution in [1.29, 1.82) is 0 Å². The molecule has 0 unspecified atom stereocenters. The molecule has 0 aromatic rings. The third-order valence-electron chi connectivity index (χ3n) is 1.16. The van der Waals surface area contributed by atoms with Crippen molar-refractivity contribution >= 4 is 0 Å². The van der Waals surface area contributed by atoms with Gasteiger partial charge in [0.05, 0.1) is 13.2 Å². The minimum Gasteiger partial charge on any atom is -0.354 e. The summed E-state index contributed by atoms with van der Waals surface area (Å²) in [4.78, 5) is 0. The summed E-state index contributed by atoms with van der Waals surface area (Å²) in [7, 11) is 3.79. The van der Waals surface area contributed by atoms with E-state index in [1.54, 1.807) is 0 Å². The van der Waals surface area contributed by atoms with Gasteiger partial charge in [0.25, 0.3) is 0 Å². The van der Waals surface area contributed by atoms with Crippen LogP contribution in [-0.4, -0.2) is 47.2 Å². The fourth-order valence-electron chi connectivity index (χ4n) is 0.525. The second-order valence-electron chi connectivity index (χ2n) is 2.14. The quantitative estimate of drug-likeness (QED) is 0.370. The van der Waals surface area contributed by atoms with Gasteiger partial charge >= 0.3 is 0 Å². The molecule has 0 aromatic heterocycles. The van der Waals surface area contributed by atoms with Crippen molar-refractivity contribution in [2.24, 2.45) is 0 Å². The molecule has 0 amide bonds. The minimum atomic E-state index is 0.392. The van der Waals surface area contributed by atoms with Gasteiger partial charge in [-0.05, 0) is 14.1 Å². The van der Waals surface area contributed by atoms with Crippen LogP contribution < -0.4 is 10.6 Å². The Hall–Kier alpha value is -0.160. The molecule has 4 heteroatoms. The minimum absolute atomic E-state index is 0.392. The van der Waals surface area contributed by atoms with Crippen LogP contribution in [0, 0.1) is 0 Å². The van der Waals surface area contributed by atoms with Crippen molar-refractivity contribution in [2.45, 2.75) is 0 Å². The summed E-state index contributed by atoms with van der Waals surface area (Å²) >= 11 is 0. The second-order valence-corrected chi connectivity index (χ2v) is 2.14. The predicted molar refractivity (Wildman–Crippen MR) is 44.6 cm³/mol. The monoisotopic (exact) mass is 162 g/mol. The highest BCUT2D eigenvalue weighted by atomic mass is 16.7. The first-order valence-corrected chi connectivity index (χ1v) is 3.86. The maximum absolute atomic E-state index is 5.11. The first kappa shape index (κ1) is 10.8. The van der Waals surface area contributed by atoms with Crippen LogP contribution in [0.25, 0.3) is 0 Å². The second kappa shape index (κ2) is 9.84. The average Bonchev–Trinajstić information content (AvgIpc) is 2.03. The molecule has 4 nitrogen and oxygen atoms in total. The van der Waals surface area contributed by atoms with E-state index in [9.17, 15) is 0 Å². The van der Waals surface area contributed by atoms with Gasteiger partial charge in [0.2, 0.25) is 0 Å². The Balaban J connectivity index is 2.69. The van der Waals surface area contributed by atoms with Crippen LogP contribution in [0.15, 0.2) is 0 Å². The molecule has 0 fully saturated rings. The van der Waals surface area contributed by atoms with E-state index in [0.29, 0.717) is 20.0 Å². The molecule has 0 aromatic carbocycles. The third-order valence-corrected chi connectivity index (χ3v) is 1.16. The van der Waals surface area contributed by atoms with E-state index >= 15 is 0 Å². The van der Waals surface area contributed by atoms with Crippen LogP contribution >= 0.6 is 0 Å². The molecule has 0 aliphatic carbocycles. The normalized spacial score (nSPS) is 10.4. The van der Waals surface area contributed by atoms with Crippen molar-refractivity contribution in [3.63, 3.8) is 0 Å². The number of likely N-dealkylation sites (N-methyl/N-ethyl adjacent to an activating group) is 2. The Labute approximate surface area is 68.3 Å². The zero-order chi connectivity index (χ0) is 8.36. The Morgan fingerprint density at radius 1 is 0.909 bits per heavy atom. The molecule has 2 N–H and O–H groups in total. The maximum atomic E-state index is 5.11. The van der Waals surface area contributed by atoms with Gasteiger partial charge in [0.1, 0.15) is 6.79 Å². The summed E-state index contributed by atoms with van der Waals surface area (Å²) < 4.78 is 10.2. The van der Waals surface area contributed by atoms with Crippen LogP contribution in [0.2, 0.25) is 0 Å². The van der Waals surface area contributed by atoms with E-state index in [0.717, 1.165) is 13.1 Å². The van der Waals surface area contributed by atoms with E-state index in [2.05, 4.69) is 10.6 Å². The van der Waals surface area contributed by atoms with Gasteiger partial charge < -0.3 is 20.1 Å². The molecule has 0 spiro atoms. The molecule has 0 saturated heterocycles. The standard InChI is InChI=1S/C7H18N2O2/c1-8-3-5-10-7-11-6-4-9-2/h8-9H,3-7H2,1-2H3. The summed E-state index contributed by atoms with van der Waals surface area (Å²) in [6.45, 7) is 3.54. The maximum Gasteiger partial charge on any atom is 0.146 e. The first-order chi connectivity index (χ1) is 5.41. The lowest BCUT2D eigenvalue weighted by molar-refractivity contribution is -0.0505. The zero-order valence-corrected chi connectivity index (χ0v) is 7.35. The van der Waals surface area contributed by atoms with Crippen molar-refractivity contribution < 1.29 is 9.47 Å². The van der Waals surface area contributed by atoms with Crippen LogP contribution in [0.4, 0.5) is 0 Å². The smallest absolute Gasteiger partial charge is 0.146 e. The Kier molecular flexibility index (Phi) is 9.70. The van der Waals surface area contributed by atoms with Crippen LogP contribution in [0.3, 0.4) is 0 Å². The van der Waals surface area contributed by atoms with Crippen molar-refractivity contribution in [3.05, 3.63) is 0 Å². The lowest BCUT2D eigenvalue weighted by atomic mass is 10.7. The number of ether oxygens (including phenoxy) is 2. The Morgan fingerprint density at radius 3 is 1.73 bits per heavy atom. The van der Waals surface area contributed by atoms with E-state index in [1.165, 1.54) is 0 Å². The number of rotatable bonds is 8. The number of hydrogen-bond acceptors (Lipinski definition) is 4. The Bertz CT molecular complexity index is 63.5. The van der Waals surface area contributed by atoms with Crippen molar-refractivity contribution in [2.75, 3.05) is 47.2 Å². The van der Waals surface area contributed by atoms with E-state index in [1.807, 2.05) is 14.1 Å². The fraction of sp³-hybridized carbons (Fsp3) is 1.00. The molecule has 0 atom stereocenters. The van der Waals surface area contributed by atoms with Crippen molar-refractivity contribution in [3.8, 4) is 0 Å². The van der Waals surface area contributed by atoms with Gasteiger partial charge in [0, 0.05) is 13.1 Å². The molecule has 0 rings (SSSR count). The predicted octanol–water partition coefficient (Wildman–Crippen LogP) is -0.584. The summed E-state index contributed by atoms with van der Waals surface area (Å²) in [5.41, 5.74) is 0. The highest BCUT2D eigenvalue weighted by Crippen LogP contribution is 1.76. The molecular weight excluding hydrogens is 144 g/mol. The summed E-state index contributed by atoms with van der Waals surface area (Å²) in [5.74, 6) is 0. The summed E-state index contributed by atoms with van der Waals surface area (Å²) in [5, 5.41) is 5.95. The van der Waals surface area contributed by atoms with Gasteiger partial charge in [-0.2, -0.15) is 0 Å². The SMILES string of the molecule is CNCCOCOCCNC. The fourth-order valence-corrected chi connectivity index (χ4v) is 0.525. The highest BCUT2D eigenvalue weighted by Gasteiger charge is 1.86. The molecule has 0 bridgehead atoms. The molecular formula is C7H18N2O2. The lowest BCUT2D eigenvalue weighted by Gasteiger charge is -2.04. The van der Waals surface area contributed by atoms with E-state index in [-0.39, 0.29) is 0 Å². The largest absolute Gasteiger partial charge is 0.354 e. The summed E-state index contributed by atoms with van der Waals surface area (Å²) in [6.07, 6.45) is 0. The van der Waals surface area contributed by atoms with Gasteiger partial charge in [-0.3, -0.25) is 0 Å². The van der Waals surface area contributed by atoms with Gasteiger partial charge in [-0.1, -0.05) is 0 Å². The van der Waals surface area contributed by atoms with E-state index in [4.69, 9.17) is 9.47 Å².